The van der Waals surface area contributed by atoms with Crippen molar-refractivity contribution in [2.45, 2.75) is 6.42 Å². The van der Waals surface area contributed by atoms with Crippen molar-refractivity contribution in [1.82, 2.24) is 15.0 Å². The van der Waals surface area contributed by atoms with E-state index in [1.54, 1.807) is 12.4 Å². The summed E-state index contributed by atoms with van der Waals surface area (Å²) in [6, 6.07) is 9.92. The number of rotatable bonds is 1. The summed E-state index contributed by atoms with van der Waals surface area (Å²) < 4.78 is 5.51. The van der Waals surface area contributed by atoms with Crippen molar-refractivity contribution in [1.29, 1.82) is 0 Å². The number of benzene rings is 1. The van der Waals surface area contributed by atoms with E-state index in [9.17, 15) is 0 Å². The Kier molecular flexibility index (Phi) is 2.21. The number of ether oxygens (including phenoxy) is 1. The molecule has 0 unspecified atom stereocenters. The molecule has 3 heterocycles. The highest BCUT2D eigenvalue weighted by Gasteiger charge is 2.13. The Morgan fingerprint density at radius 3 is 3.11 bits per heavy atom. The summed E-state index contributed by atoms with van der Waals surface area (Å²) in [6.07, 6.45) is 4.49. The summed E-state index contributed by atoms with van der Waals surface area (Å²) in [7, 11) is 0. The maximum absolute atomic E-state index is 5.51. The van der Waals surface area contributed by atoms with Crippen LogP contribution in [0.2, 0.25) is 0 Å². The molecule has 1 aromatic carbocycles. The highest BCUT2D eigenvalue weighted by molar-refractivity contribution is 5.73. The maximum Gasteiger partial charge on any atom is 0.178 e. The molecule has 0 bridgehead atoms. The lowest BCUT2D eigenvalue weighted by molar-refractivity contribution is 0.357. The summed E-state index contributed by atoms with van der Waals surface area (Å²) in [5.74, 6) is 0.982. The summed E-state index contributed by atoms with van der Waals surface area (Å²) in [5, 5.41) is 0. The second kappa shape index (κ2) is 4.02. The fraction of sp³-hybridized carbons (Fsp3) is 0.133. The minimum absolute atomic E-state index is 0.678. The third kappa shape index (κ3) is 1.73. The SMILES string of the molecule is c1cnc2nc(-c3ccc4c(c3)CCO4)cnc2c1. The quantitative estimate of drug-likeness (QED) is 0.665. The molecule has 3 aromatic rings. The molecule has 0 saturated carbocycles. The number of fused-ring (bicyclic) bond motifs is 2. The lowest BCUT2D eigenvalue weighted by Gasteiger charge is -2.04. The number of nitrogens with zero attached hydrogens (tertiary/aromatic N) is 3. The van der Waals surface area contributed by atoms with E-state index in [1.165, 1.54) is 5.56 Å². The molecule has 0 saturated heterocycles. The molecule has 0 atom stereocenters. The van der Waals surface area contributed by atoms with E-state index >= 15 is 0 Å². The molecule has 1 aliphatic rings. The predicted molar refractivity (Wildman–Crippen MR) is 72.0 cm³/mol. The van der Waals surface area contributed by atoms with E-state index < -0.39 is 0 Å². The number of hydrogen-bond donors (Lipinski definition) is 0. The van der Waals surface area contributed by atoms with Crippen LogP contribution in [0.4, 0.5) is 0 Å². The molecule has 2 aromatic heterocycles. The van der Waals surface area contributed by atoms with Gasteiger partial charge in [-0.15, -0.1) is 0 Å². The zero-order valence-electron chi connectivity index (χ0n) is 10.2. The molecule has 0 aliphatic carbocycles. The van der Waals surface area contributed by atoms with Crippen LogP contribution in [0.5, 0.6) is 5.75 Å². The van der Waals surface area contributed by atoms with Gasteiger partial charge in [0.1, 0.15) is 11.3 Å². The first-order chi connectivity index (χ1) is 9.40. The molecular weight excluding hydrogens is 238 g/mol. The highest BCUT2D eigenvalue weighted by Crippen LogP contribution is 2.29. The first kappa shape index (κ1) is 10.4. The Balaban J connectivity index is 1.85. The van der Waals surface area contributed by atoms with E-state index in [-0.39, 0.29) is 0 Å². The smallest absolute Gasteiger partial charge is 0.178 e. The van der Waals surface area contributed by atoms with Gasteiger partial charge in [-0.2, -0.15) is 0 Å². The van der Waals surface area contributed by atoms with Gasteiger partial charge < -0.3 is 4.74 Å². The Labute approximate surface area is 110 Å². The molecule has 1 aliphatic heterocycles. The molecule has 4 heteroatoms. The van der Waals surface area contributed by atoms with Crippen LogP contribution < -0.4 is 4.74 Å². The van der Waals surface area contributed by atoms with Crippen molar-refractivity contribution in [3.63, 3.8) is 0 Å². The molecule has 0 radical (unpaired) electrons. The fourth-order valence-corrected chi connectivity index (χ4v) is 2.33. The van der Waals surface area contributed by atoms with E-state index in [2.05, 4.69) is 21.0 Å². The van der Waals surface area contributed by atoms with Crippen LogP contribution in [-0.4, -0.2) is 21.6 Å². The molecule has 4 rings (SSSR count). The van der Waals surface area contributed by atoms with Gasteiger partial charge in [0, 0.05) is 18.2 Å². The Hall–Kier alpha value is -2.49. The summed E-state index contributed by atoms with van der Waals surface area (Å²) >= 11 is 0. The third-order valence-electron chi connectivity index (χ3n) is 3.30. The van der Waals surface area contributed by atoms with Crippen molar-refractivity contribution in [2.24, 2.45) is 0 Å². The van der Waals surface area contributed by atoms with E-state index in [0.29, 0.717) is 5.65 Å². The number of aromatic nitrogens is 3. The van der Waals surface area contributed by atoms with Crippen LogP contribution in [0.1, 0.15) is 5.56 Å². The summed E-state index contributed by atoms with van der Waals surface area (Å²) in [4.78, 5) is 13.2. The van der Waals surface area contributed by atoms with Gasteiger partial charge in [0.05, 0.1) is 18.5 Å². The average Bonchev–Trinajstić information content (AvgIpc) is 2.94. The normalized spacial score (nSPS) is 13.3. The van der Waals surface area contributed by atoms with Gasteiger partial charge in [-0.25, -0.2) is 9.97 Å². The molecule has 0 fully saturated rings. The lowest BCUT2D eigenvalue weighted by Crippen LogP contribution is -1.91. The molecule has 0 N–H and O–H groups in total. The largest absolute Gasteiger partial charge is 0.493 e. The van der Waals surface area contributed by atoms with E-state index in [1.807, 2.05) is 24.3 Å². The second-order valence-corrected chi connectivity index (χ2v) is 4.52. The first-order valence-corrected chi connectivity index (χ1v) is 6.24. The van der Waals surface area contributed by atoms with Crippen LogP contribution in [-0.2, 0) is 6.42 Å². The molecular formula is C15H11N3O. The molecule has 0 amide bonds. The van der Waals surface area contributed by atoms with Crippen LogP contribution in [0.3, 0.4) is 0 Å². The molecule has 19 heavy (non-hydrogen) atoms. The van der Waals surface area contributed by atoms with E-state index in [4.69, 9.17) is 4.74 Å². The van der Waals surface area contributed by atoms with Crippen molar-refractivity contribution < 1.29 is 4.74 Å². The van der Waals surface area contributed by atoms with Gasteiger partial charge >= 0.3 is 0 Å². The zero-order chi connectivity index (χ0) is 12.7. The number of pyridine rings is 1. The van der Waals surface area contributed by atoms with E-state index in [0.717, 1.165) is 35.6 Å². The summed E-state index contributed by atoms with van der Waals surface area (Å²) in [5.41, 5.74) is 4.64. The van der Waals surface area contributed by atoms with Gasteiger partial charge in [0.25, 0.3) is 0 Å². The standard InChI is InChI=1S/C15H11N3O/c1-2-12-15(16-6-1)18-13(9-17-12)10-3-4-14-11(8-10)5-7-19-14/h1-4,6,8-9H,5,7H2. The van der Waals surface area contributed by atoms with Gasteiger partial charge in [0.2, 0.25) is 0 Å². The molecule has 4 nitrogen and oxygen atoms in total. The van der Waals surface area contributed by atoms with Crippen LogP contribution >= 0.6 is 0 Å². The Bertz CT molecular complexity index is 770. The van der Waals surface area contributed by atoms with Gasteiger partial charge in [-0.1, -0.05) is 0 Å². The zero-order valence-corrected chi connectivity index (χ0v) is 10.2. The highest BCUT2D eigenvalue weighted by atomic mass is 16.5. The maximum atomic E-state index is 5.51. The lowest BCUT2D eigenvalue weighted by atomic mass is 10.1. The monoisotopic (exact) mass is 249 g/mol. The molecule has 0 spiro atoms. The fourth-order valence-electron chi connectivity index (χ4n) is 2.33. The Morgan fingerprint density at radius 1 is 1.11 bits per heavy atom. The van der Waals surface area contributed by atoms with Crippen LogP contribution in [0.15, 0.2) is 42.7 Å². The van der Waals surface area contributed by atoms with Crippen molar-refractivity contribution in [3.8, 4) is 17.0 Å². The van der Waals surface area contributed by atoms with Crippen molar-refractivity contribution >= 4 is 11.2 Å². The summed E-state index contributed by atoms with van der Waals surface area (Å²) in [6.45, 7) is 0.768. The predicted octanol–water partition coefficient (Wildman–Crippen LogP) is 2.63. The average molecular weight is 249 g/mol. The second-order valence-electron chi connectivity index (χ2n) is 4.52. The number of hydrogen-bond acceptors (Lipinski definition) is 4. The third-order valence-corrected chi connectivity index (χ3v) is 3.30. The first-order valence-electron chi connectivity index (χ1n) is 6.24. The topological polar surface area (TPSA) is 47.9 Å². The molecule has 92 valence electrons. The van der Waals surface area contributed by atoms with Gasteiger partial charge in [-0.05, 0) is 35.9 Å². The minimum atomic E-state index is 0.678. The van der Waals surface area contributed by atoms with Gasteiger partial charge in [-0.3, -0.25) is 4.98 Å². The van der Waals surface area contributed by atoms with Crippen molar-refractivity contribution in [2.75, 3.05) is 6.61 Å². The van der Waals surface area contributed by atoms with Crippen LogP contribution in [0.25, 0.3) is 22.4 Å². The Morgan fingerprint density at radius 2 is 2.11 bits per heavy atom. The van der Waals surface area contributed by atoms with Gasteiger partial charge in [0.15, 0.2) is 5.65 Å². The van der Waals surface area contributed by atoms with Crippen molar-refractivity contribution in [3.05, 3.63) is 48.3 Å². The minimum Gasteiger partial charge on any atom is -0.493 e. The van der Waals surface area contributed by atoms with Crippen LogP contribution in [0, 0.1) is 0 Å².